The van der Waals surface area contributed by atoms with Crippen molar-refractivity contribution in [1.29, 1.82) is 5.26 Å². The molecule has 0 aliphatic carbocycles. The standard InChI is InChI=1S/C5H3BF5N2/c1-6(3-12,13-2)4(7,8)5(9,10)11/h1H3/q-1. The molecular formula is C5H3BF5N2-. The Hall–Kier alpha value is -1.31. The maximum absolute atomic E-state index is 12.4. The lowest BCUT2D eigenvalue weighted by atomic mass is 9.34. The van der Waals surface area contributed by atoms with Crippen molar-refractivity contribution in [1.82, 2.24) is 0 Å². The topological polar surface area (TPSA) is 28.1 Å². The molecule has 0 aliphatic heterocycles. The Kier molecular flexibility index (Phi) is 2.59. The van der Waals surface area contributed by atoms with Crippen LogP contribution in [0.5, 0.6) is 0 Å². The quantitative estimate of drug-likeness (QED) is 0.360. The second kappa shape index (κ2) is 2.88. The van der Waals surface area contributed by atoms with Gasteiger partial charge in [0, 0.05) is 0 Å². The zero-order valence-corrected chi connectivity index (χ0v) is 6.36. The van der Waals surface area contributed by atoms with E-state index in [1.807, 2.05) is 0 Å². The van der Waals surface area contributed by atoms with Gasteiger partial charge in [-0.15, -0.1) is 0 Å². The third-order valence-electron chi connectivity index (χ3n) is 1.59. The molecule has 0 radical (unpaired) electrons. The lowest BCUT2D eigenvalue weighted by molar-refractivity contribution is -0.246. The van der Waals surface area contributed by atoms with E-state index in [0.29, 0.717) is 12.8 Å². The van der Waals surface area contributed by atoms with E-state index in [1.54, 1.807) is 0 Å². The third-order valence-corrected chi connectivity index (χ3v) is 1.59. The van der Waals surface area contributed by atoms with Crippen LogP contribution in [0, 0.1) is 17.8 Å². The summed E-state index contributed by atoms with van der Waals surface area (Å²) in [5.74, 6) is -4.55. The lowest BCUT2D eigenvalue weighted by Crippen LogP contribution is -2.56. The second-order valence-electron chi connectivity index (χ2n) is 2.62. The Morgan fingerprint density at radius 2 is 1.69 bits per heavy atom. The minimum absolute atomic E-state index is 0.306. The largest absolute Gasteiger partial charge is 0.555 e. The van der Waals surface area contributed by atoms with Crippen molar-refractivity contribution in [2.24, 2.45) is 0 Å². The molecule has 0 saturated carbocycles. The van der Waals surface area contributed by atoms with Crippen LogP contribution in [-0.4, -0.2) is 18.3 Å². The Balaban J connectivity index is 5.32. The Labute approximate surface area is 70.7 Å². The van der Waals surface area contributed by atoms with E-state index in [4.69, 9.17) is 11.8 Å². The minimum atomic E-state index is -5.86. The smallest absolute Gasteiger partial charge is 0.512 e. The fraction of sp³-hybridized carbons (Fsp3) is 0.600. The zero-order valence-electron chi connectivity index (χ0n) is 6.36. The van der Waals surface area contributed by atoms with Gasteiger partial charge < -0.3 is 11.3 Å². The molecule has 72 valence electrons. The summed E-state index contributed by atoms with van der Waals surface area (Å²) in [6.07, 6.45) is -9.94. The number of rotatable bonds is 1. The molecular weight excluding hydrogens is 194 g/mol. The summed E-state index contributed by atoms with van der Waals surface area (Å²) >= 11 is 0. The van der Waals surface area contributed by atoms with Crippen LogP contribution in [0.25, 0.3) is 4.76 Å². The van der Waals surface area contributed by atoms with Crippen molar-refractivity contribution in [2.45, 2.75) is 18.8 Å². The number of nitriles is 1. The molecule has 0 aromatic rings. The second-order valence-corrected chi connectivity index (χ2v) is 2.62. The van der Waals surface area contributed by atoms with Crippen LogP contribution in [0.3, 0.4) is 0 Å². The van der Waals surface area contributed by atoms with Crippen molar-refractivity contribution in [3.05, 3.63) is 11.3 Å². The monoisotopic (exact) mass is 197 g/mol. The van der Waals surface area contributed by atoms with Gasteiger partial charge in [0.2, 0.25) is 0 Å². The first-order chi connectivity index (χ1) is 5.62. The Morgan fingerprint density at radius 3 is 1.77 bits per heavy atom. The van der Waals surface area contributed by atoms with Gasteiger partial charge in [0.15, 0.2) is 0 Å². The number of halogens is 5. The summed E-state index contributed by atoms with van der Waals surface area (Å²) in [4.78, 5) is 0. The van der Waals surface area contributed by atoms with E-state index in [9.17, 15) is 22.0 Å². The summed E-state index contributed by atoms with van der Waals surface area (Å²) in [7, 11) is 0. The average molecular weight is 197 g/mol. The SMILES string of the molecule is [C-]#[N+][B-](C)(C#N)C(F)(F)C(F)(F)F. The van der Waals surface area contributed by atoms with Gasteiger partial charge in [-0.05, 0) is 5.97 Å². The van der Waals surface area contributed by atoms with E-state index in [-0.39, 0.29) is 0 Å². The van der Waals surface area contributed by atoms with Gasteiger partial charge in [-0.2, -0.15) is 13.2 Å². The van der Waals surface area contributed by atoms with Crippen LogP contribution in [0.2, 0.25) is 6.82 Å². The molecule has 2 nitrogen and oxygen atoms in total. The summed E-state index contributed by atoms with van der Waals surface area (Å²) in [6.45, 7) is 6.45. The number of alkyl halides is 5. The summed E-state index contributed by atoms with van der Waals surface area (Å²) < 4.78 is 62.0. The van der Waals surface area contributed by atoms with Gasteiger partial charge in [0.25, 0.3) is 0 Å². The maximum Gasteiger partial charge on any atom is 0.512 e. The highest BCUT2D eigenvalue weighted by atomic mass is 19.4. The fourth-order valence-corrected chi connectivity index (χ4v) is 0.510. The normalized spacial score (nSPS) is 16.9. The number of nitrogens with zero attached hydrogens (tertiary/aromatic N) is 2. The lowest BCUT2D eigenvalue weighted by Gasteiger charge is -2.27. The van der Waals surface area contributed by atoms with Crippen molar-refractivity contribution in [3.63, 3.8) is 0 Å². The zero-order chi connectivity index (χ0) is 10.9. The predicted octanol–water partition coefficient (Wildman–Crippen LogP) is 2.28. The van der Waals surface area contributed by atoms with Crippen LogP contribution < -0.4 is 0 Å². The minimum Gasteiger partial charge on any atom is -0.555 e. The average Bonchev–Trinajstić information content (AvgIpc) is 2.00. The molecule has 8 heteroatoms. The van der Waals surface area contributed by atoms with Crippen molar-refractivity contribution in [2.75, 3.05) is 0 Å². The molecule has 0 amide bonds. The molecule has 0 heterocycles. The highest BCUT2D eigenvalue weighted by Crippen LogP contribution is 2.42. The van der Waals surface area contributed by atoms with E-state index in [1.165, 1.54) is 0 Å². The van der Waals surface area contributed by atoms with Gasteiger partial charge in [0.1, 0.15) is 0 Å². The molecule has 1 atom stereocenters. The highest BCUT2D eigenvalue weighted by molar-refractivity contribution is 6.90. The molecule has 0 aromatic heterocycles. The van der Waals surface area contributed by atoms with E-state index in [0.717, 1.165) is 0 Å². The number of hydrogen-bond donors (Lipinski definition) is 0. The summed E-state index contributed by atoms with van der Waals surface area (Å²) in [5, 5.41) is 8.07. The molecule has 13 heavy (non-hydrogen) atoms. The maximum atomic E-state index is 12.4. The molecule has 0 rings (SSSR count). The highest BCUT2D eigenvalue weighted by Gasteiger charge is 2.70. The summed E-state index contributed by atoms with van der Waals surface area (Å²) in [6, 6.07) is 0. The van der Waals surface area contributed by atoms with Crippen molar-refractivity contribution >= 4 is 6.28 Å². The third kappa shape index (κ3) is 1.57. The summed E-state index contributed by atoms with van der Waals surface area (Å²) in [5.41, 5.74) is 0. The molecule has 0 spiro atoms. The van der Waals surface area contributed by atoms with Gasteiger partial charge in [-0.3, -0.25) is 0 Å². The van der Waals surface area contributed by atoms with Gasteiger partial charge in [0.05, 0.1) is 0 Å². The molecule has 0 fully saturated rings. The molecule has 0 saturated heterocycles. The van der Waals surface area contributed by atoms with E-state index < -0.39 is 18.3 Å². The van der Waals surface area contributed by atoms with Gasteiger partial charge in [-0.1, -0.05) is 6.82 Å². The van der Waals surface area contributed by atoms with E-state index >= 15 is 0 Å². The first kappa shape index (κ1) is 11.7. The van der Waals surface area contributed by atoms with Crippen LogP contribution in [0.4, 0.5) is 22.0 Å². The van der Waals surface area contributed by atoms with Crippen LogP contribution in [-0.2, 0) is 0 Å². The van der Waals surface area contributed by atoms with E-state index in [2.05, 4.69) is 4.76 Å². The fourth-order valence-electron chi connectivity index (χ4n) is 0.510. The Morgan fingerprint density at radius 1 is 1.31 bits per heavy atom. The van der Waals surface area contributed by atoms with Crippen LogP contribution in [0.1, 0.15) is 0 Å². The Bertz CT molecular complexity index is 269. The molecule has 0 aliphatic rings. The van der Waals surface area contributed by atoms with Crippen LogP contribution >= 0.6 is 0 Å². The molecule has 0 N–H and O–H groups in total. The number of hydrogen-bond acceptors (Lipinski definition) is 1. The van der Waals surface area contributed by atoms with Crippen molar-refractivity contribution in [3.8, 4) is 5.97 Å². The molecule has 0 aromatic carbocycles. The van der Waals surface area contributed by atoms with Gasteiger partial charge >= 0.3 is 18.3 Å². The molecule has 0 bridgehead atoms. The first-order valence-corrected chi connectivity index (χ1v) is 3.06. The van der Waals surface area contributed by atoms with Crippen molar-refractivity contribution < 1.29 is 22.0 Å². The molecule has 1 unspecified atom stereocenters. The van der Waals surface area contributed by atoms with Gasteiger partial charge in [-0.25, -0.2) is 14.0 Å². The predicted molar refractivity (Wildman–Crippen MR) is 34.8 cm³/mol. The van der Waals surface area contributed by atoms with Crippen LogP contribution in [0.15, 0.2) is 0 Å². The first-order valence-electron chi connectivity index (χ1n) is 3.06.